The van der Waals surface area contributed by atoms with E-state index in [-0.39, 0.29) is 6.04 Å². The van der Waals surface area contributed by atoms with Gasteiger partial charge in [-0.25, -0.2) is 4.98 Å². The number of nitrogens with two attached hydrogens (primary N) is 1. The molecule has 2 rings (SSSR count). The van der Waals surface area contributed by atoms with Crippen molar-refractivity contribution in [3.8, 4) is 0 Å². The minimum atomic E-state index is 0.268. The van der Waals surface area contributed by atoms with E-state index in [0.717, 1.165) is 32.5 Å². The Hall–Kier alpha value is -1.52. The van der Waals surface area contributed by atoms with Crippen molar-refractivity contribution in [2.75, 3.05) is 13.1 Å². The fraction of sp³-hybridized carbons (Fsp3) is 0.667. The molecular weight excluding hydrogens is 214 g/mol. The highest BCUT2D eigenvalue weighted by atomic mass is 15.3. The van der Waals surface area contributed by atoms with Crippen LogP contribution < -0.4 is 5.73 Å². The van der Waals surface area contributed by atoms with E-state index in [1.807, 2.05) is 12.5 Å². The third-order valence-electron chi connectivity index (χ3n) is 3.11. The lowest BCUT2D eigenvalue weighted by Gasteiger charge is -2.26. The molecule has 0 fully saturated rings. The van der Waals surface area contributed by atoms with Crippen molar-refractivity contribution in [1.29, 1.82) is 0 Å². The Labute approximate surface area is 102 Å². The normalized spacial score (nSPS) is 19.8. The van der Waals surface area contributed by atoms with Gasteiger partial charge in [-0.1, -0.05) is 13.8 Å². The van der Waals surface area contributed by atoms with E-state index >= 15 is 0 Å². The smallest absolute Gasteiger partial charge is 0.191 e. The van der Waals surface area contributed by atoms with E-state index in [1.165, 1.54) is 5.69 Å². The molecule has 1 atom stereocenters. The number of nitrogens with zero attached hydrogens (tertiary/aromatic N) is 4. The van der Waals surface area contributed by atoms with Crippen LogP contribution in [0.5, 0.6) is 0 Å². The summed E-state index contributed by atoms with van der Waals surface area (Å²) >= 11 is 0. The van der Waals surface area contributed by atoms with E-state index in [1.54, 1.807) is 0 Å². The lowest BCUT2D eigenvalue weighted by Crippen LogP contribution is -2.37. The molecular formula is C12H21N5. The molecule has 0 radical (unpaired) electrons. The molecule has 0 bridgehead atoms. The zero-order chi connectivity index (χ0) is 12.3. The second-order valence-corrected chi connectivity index (χ2v) is 4.42. The molecule has 1 aromatic heterocycles. The van der Waals surface area contributed by atoms with E-state index in [2.05, 4.69) is 33.3 Å². The average Bonchev–Trinajstić information content (AvgIpc) is 2.89. The first kappa shape index (κ1) is 12.0. The maximum absolute atomic E-state index is 5.93. The number of hydrogen-bond acceptors (Lipinski definition) is 4. The van der Waals surface area contributed by atoms with Crippen LogP contribution in [0.2, 0.25) is 0 Å². The van der Waals surface area contributed by atoms with Crippen molar-refractivity contribution in [1.82, 2.24) is 14.5 Å². The molecule has 5 nitrogen and oxygen atoms in total. The van der Waals surface area contributed by atoms with Gasteiger partial charge in [0, 0.05) is 13.1 Å². The van der Waals surface area contributed by atoms with E-state index in [9.17, 15) is 0 Å². The molecule has 1 unspecified atom stereocenters. The van der Waals surface area contributed by atoms with Crippen LogP contribution >= 0.6 is 0 Å². The second kappa shape index (κ2) is 5.21. The fourth-order valence-electron chi connectivity index (χ4n) is 2.33. The topological polar surface area (TPSA) is 59.4 Å². The predicted octanol–water partition coefficient (Wildman–Crippen LogP) is 1.37. The third-order valence-corrected chi connectivity index (χ3v) is 3.11. The number of guanidine groups is 1. The average molecular weight is 235 g/mol. The minimum Gasteiger partial charge on any atom is -0.370 e. The predicted molar refractivity (Wildman–Crippen MR) is 68.7 cm³/mol. The number of hydrogen-bond donors (Lipinski definition) is 1. The summed E-state index contributed by atoms with van der Waals surface area (Å²) in [7, 11) is 0. The van der Waals surface area contributed by atoms with Gasteiger partial charge < -0.3 is 15.2 Å². The second-order valence-electron chi connectivity index (χ2n) is 4.42. The van der Waals surface area contributed by atoms with Crippen LogP contribution in [0.25, 0.3) is 0 Å². The Morgan fingerprint density at radius 2 is 2.12 bits per heavy atom. The van der Waals surface area contributed by atoms with E-state index < -0.39 is 0 Å². The number of aliphatic imine (C=N–C) groups is 1. The van der Waals surface area contributed by atoms with Crippen molar-refractivity contribution < 1.29 is 0 Å². The van der Waals surface area contributed by atoms with E-state index in [0.29, 0.717) is 5.96 Å². The van der Waals surface area contributed by atoms with Crippen molar-refractivity contribution in [2.45, 2.75) is 39.3 Å². The summed E-state index contributed by atoms with van der Waals surface area (Å²) in [5.41, 5.74) is 7.16. The number of imidazole rings is 1. The van der Waals surface area contributed by atoms with Gasteiger partial charge in [0.1, 0.15) is 0 Å². The maximum atomic E-state index is 5.93. The minimum absolute atomic E-state index is 0.268. The van der Waals surface area contributed by atoms with Crippen LogP contribution in [0.1, 0.15) is 38.4 Å². The largest absolute Gasteiger partial charge is 0.370 e. The molecule has 1 aliphatic heterocycles. The van der Waals surface area contributed by atoms with Gasteiger partial charge in [-0.2, -0.15) is 0 Å². The first-order valence-corrected chi connectivity index (χ1v) is 6.34. The highest BCUT2D eigenvalue weighted by molar-refractivity contribution is 5.80. The third kappa shape index (κ3) is 2.28. The zero-order valence-electron chi connectivity index (χ0n) is 10.6. The summed E-state index contributed by atoms with van der Waals surface area (Å²) in [5.74, 6) is 0.668. The number of aryl methyl sites for hydroxylation is 1. The first-order valence-electron chi connectivity index (χ1n) is 6.34. The summed E-state index contributed by atoms with van der Waals surface area (Å²) in [4.78, 5) is 10.8. The van der Waals surface area contributed by atoms with Crippen molar-refractivity contribution in [2.24, 2.45) is 10.7 Å². The molecule has 94 valence electrons. The molecule has 0 saturated heterocycles. The van der Waals surface area contributed by atoms with Crippen LogP contribution in [-0.4, -0.2) is 33.5 Å². The first-order chi connectivity index (χ1) is 8.27. The molecule has 0 aliphatic carbocycles. The van der Waals surface area contributed by atoms with E-state index in [4.69, 9.17) is 5.73 Å². The van der Waals surface area contributed by atoms with Gasteiger partial charge in [-0.3, -0.25) is 4.99 Å². The van der Waals surface area contributed by atoms with Gasteiger partial charge in [0.25, 0.3) is 0 Å². The van der Waals surface area contributed by atoms with Crippen LogP contribution in [-0.2, 0) is 6.54 Å². The lowest BCUT2D eigenvalue weighted by molar-refractivity contribution is 0.332. The zero-order valence-corrected chi connectivity index (χ0v) is 10.6. The molecule has 2 N–H and O–H groups in total. The number of aromatic nitrogens is 2. The molecule has 0 saturated carbocycles. The van der Waals surface area contributed by atoms with Crippen LogP contribution in [0.15, 0.2) is 17.5 Å². The molecule has 2 heterocycles. The highest BCUT2D eigenvalue weighted by Crippen LogP contribution is 2.25. The Kier molecular flexibility index (Phi) is 3.66. The summed E-state index contributed by atoms with van der Waals surface area (Å²) in [6.45, 7) is 7.04. The Morgan fingerprint density at radius 1 is 1.35 bits per heavy atom. The highest BCUT2D eigenvalue weighted by Gasteiger charge is 2.28. The van der Waals surface area contributed by atoms with Gasteiger partial charge in [0.2, 0.25) is 0 Å². The van der Waals surface area contributed by atoms with Gasteiger partial charge in [-0.15, -0.1) is 0 Å². The molecule has 0 aromatic carbocycles. The van der Waals surface area contributed by atoms with Gasteiger partial charge in [0.05, 0.1) is 30.8 Å². The van der Waals surface area contributed by atoms with Gasteiger partial charge >= 0.3 is 0 Å². The Morgan fingerprint density at radius 3 is 2.82 bits per heavy atom. The number of rotatable bonds is 5. The van der Waals surface area contributed by atoms with Crippen LogP contribution in [0, 0.1) is 0 Å². The summed E-state index contributed by atoms with van der Waals surface area (Å²) in [6.07, 6.45) is 6.03. The van der Waals surface area contributed by atoms with Crippen molar-refractivity contribution in [3.63, 3.8) is 0 Å². The summed E-state index contributed by atoms with van der Waals surface area (Å²) < 4.78 is 2.21. The standard InChI is InChI=1S/C12H21N5/c1-3-5-16-9-14-7-10(16)11-8-15-12(13)17(11)6-4-2/h7,9,11H,3-6,8H2,1-2H3,(H2,13,15). The Balaban J connectivity index is 2.18. The van der Waals surface area contributed by atoms with Gasteiger partial charge in [-0.05, 0) is 12.8 Å². The molecule has 17 heavy (non-hydrogen) atoms. The lowest BCUT2D eigenvalue weighted by atomic mass is 10.2. The van der Waals surface area contributed by atoms with Crippen LogP contribution in [0.4, 0.5) is 0 Å². The quantitative estimate of drug-likeness (QED) is 0.838. The van der Waals surface area contributed by atoms with Crippen molar-refractivity contribution >= 4 is 5.96 Å². The summed E-state index contributed by atoms with van der Waals surface area (Å²) in [5, 5.41) is 0. The summed E-state index contributed by atoms with van der Waals surface area (Å²) in [6, 6.07) is 0.268. The van der Waals surface area contributed by atoms with Crippen LogP contribution in [0.3, 0.4) is 0 Å². The Bertz CT molecular complexity index is 395. The SMILES string of the molecule is CCCN1C(N)=NCC1c1cncn1CCC. The van der Waals surface area contributed by atoms with Gasteiger partial charge in [0.15, 0.2) is 5.96 Å². The molecule has 0 spiro atoms. The monoisotopic (exact) mass is 235 g/mol. The fourth-order valence-corrected chi connectivity index (χ4v) is 2.33. The maximum Gasteiger partial charge on any atom is 0.191 e. The van der Waals surface area contributed by atoms with Crippen molar-refractivity contribution in [3.05, 3.63) is 18.2 Å². The molecule has 5 heteroatoms. The molecule has 0 amide bonds. The molecule has 1 aromatic rings. The molecule has 1 aliphatic rings.